The van der Waals surface area contributed by atoms with Gasteiger partial charge in [-0.1, -0.05) is 30.3 Å². The van der Waals surface area contributed by atoms with Gasteiger partial charge >= 0.3 is 18.4 Å². The van der Waals surface area contributed by atoms with Crippen LogP contribution in [0.25, 0.3) is 0 Å². The third-order valence-corrected chi connectivity index (χ3v) is 5.55. The summed E-state index contributed by atoms with van der Waals surface area (Å²) in [5, 5.41) is 0. The molecule has 0 radical (unpaired) electrons. The van der Waals surface area contributed by atoms with Crippen molar-refractivity contribution >= 4 is 11.9 Å². The smallest absolute Gasteiger partial charge is 0.332 e. The van der Waals surface area contributed by atoms with E-state index in [1.807, 2.05) is 0 Å². The number of hydrogen-bond donors (Lipinski definition) is 0. The highest BCUT2D eigenvalue weighted by Gasteiger charge is 2.39. The number of carbonyl (C=O) groups is 2. The quantitative estimate of drug-likeness (QED) is 0.586. The molecule has 2 aromatic carbocycles. The SMILES string of the molecule is CN(C)C(=O)N1CCN(C(=O)c2cc(C(F)(F)F)cc(C(F)(F)F)c2)[C@H](Cc2ccccc2)C1. The maximum Gasteiger partial charge on any atom is 0.416 e. The zero-order chi connectivity index (χ0) is 25.3. The summed E-state index contributed by atoms with van der Waals surface area (Å²) < 4.78 is 79.7. The lowest BCUT2D eigenvalue weighted by Gasteiger charge is -2.42. The van der Waals surface area contributed by atoms with Crippen molar-refractivity contribution in [1.82, 2.24) is 14.7 Å². The van der Waals surface area contributed by atoms with Crippen LogP contribution in [0, 0.1) is 0 Å². The van der Waals surface area contributed by atoms with Crippen molar-refractivity contribution in [2.24, 2.45) is 0 Å². The first-order valence-corrected chi connectivity index (χ1v) is 10.4. The van der Waals surface area contributed by atoms with E-state index in [2.05, 4.69) is 0 Å². The fourth-order valence-corrected chi connectivity index (χ4v) is 3.88. The maximum atomic E-state index is 13.3. The Morgan fingerprint density at radius 3 is 1.97 bits per heavy atom. The number of piperazine rings is 1. The number of hydrogen-bond acceptors (Lipinski definition) is 2. The van der Waals surface area contributed by atoms with Gasteiger partial charge in [-0.15, -0.1) is 0 Å². The molecule has 1 aliphatic heterocycles. The zero-order valence-electron chi connectivity index (χ0n) is 18.5. The molecule has 184 valence electrons. The molecule has 1 heterocycles. The van der Waals surface area contributed by atoms with Gasteiger partial charge in [-0.05, 0) is 30.2 Å². The van der Waals surface area contributed by atoms with E-state index in [1.54, 1.807) is 44.4 Å². The summed E-state index contributed by atoms with van der Waals surface area (Å²) in [5.74, 6) is -0.950. The van der Waals surface area contributed by atoms with Gasteiger partial charge < -0.3 is 14.7 Å². The van der Waals surface area contributed by atoms with Gasteiger partial charge in [-0.2, -0.15) is 26.3 Å². The van der Waals surface area contributed by atoms with E-state index in [1.165, 1.54) is 14.7 Å². The number of alkyl halides is 6. The number of benzene rings is 2. The van der Waals surface area contributed by atoms with Crippen LogP contribution in [0.5, 0.6) is 0 Å². The van der Waals surface area contributed by atoms with Crippen molar-refractivity contribution in [3.63, 3.8) is 0 Å². The Balaban J connectivity index is 1.98. The highest BCUT2D eigenvalue weighted by Crippen LogP contribution is 2.36. The molecule has 0 N–H and O–H groups in total. The average Bonchev–Trinajstić information content (AvgIpc) is 2.77. The second kappa shape index (κ2) is 9.55. The van der Waals surface area contributed by atoms with Gasteiger partial charge in [0.15, 0.2) is 0 Å². The fraction of sp³-hybridized carbons (Fsp3) is 0.391. The predicted molar refractivity (Wildman–Crippen MR) is 112 cm³/mol. The van der Waals surface area contributed by atoms with Crippen LogP contribution in [-0.2, 0) is 18.8 Å². The van der Waals surface area contributed by atoms with Crippen LogP contribution >= 0.6 is 0 Å². The highest BCUT2D eigenvalue weighted by atomic mass is 19.4. The molecular formula is C23H23F6N3O2. The summed E-state index contributed by atoms with van der Waals surface area (Å²) in [7, 11) is 3.13. The number of halogens is 6. The summed E-state index contributed by atoms with van der Waals surface area (Å²) in [5.41, 5.74) is -2.99. The van der Waals surface area contributed by atoms with Gasteiger partial charge in [-0.25, -0.2) is 4.79 Å². The Labute approximate surface area is 192 Å². The van der Waals surface area contributed by atoms with Crippen molar-refractivity contribution in [3.8, 4) is 0 Å². The first-order chi connectivity index (χ1) is 15.8. The molecule has 0 bridgehead atoms. The summed E-state index contributed by atoms with van der Waals surface area (Å²) in [6, 6.07) is 8.85. The fourth-order valence-electron chi connectivity index (χ4n) is 3.88. The van der Waals surface area contributed by atoms with Crippen molar-refractivity contribution in [1.29, 1.82) is 0 Å². The number of carbonyl (C=O) groups excluding carboxylic acids is 2. The lowest BCUT2D eigenvalue weighted by atomic mass is 9.99. The molecule has 3 amide bonds. The van der Waals surface area contributed by atoms with Gasteiger partial charge in [0.05, 0.1) is 17.2 Å². The van der Waals surface area contributed by atoms with Crippen LogP contribution in [0.1, 0.15) is 27.0 Å². The molecule has 34 heavy (non-hydrogen) atoms. The minimum Gasteiger partial charge on any atom is -0.332 e. The monoisotopic (exact) mass is 487 g/mol. The van der Waals surface area contributed by atoms with Crippen LogP contribution in [0.4, 0.5) is 31.1 Å². The standard InChI is InChI=1S/C23H23F6N3O2/c1-30(2)21(34)31-8-9-32(19(14-31)10-15-6-4-3-5-7-15)20(33)16-11-17(22(24,25)26)13-18(12-16)23(27,28)29/h3-7,11-13,19H,8-10,14H2,1-2H3/t19-/m1/s1. The van der Waals surface area contributed by atoms with E-state index < -0.39 is 41.0 Å². The third-order valence-electron chi connectivity index (χ3n) is 5.55. The van der Waals surface area contributed by atoms with Crippen molar-refractivity contribution in [2.75, 3.05) is 33.7 Å². The van der Waals surface area contributed by atoms with Gasteiger partial charge in [0, 0.05) is 39.3 Å². The summed E-state index contributed by atoms with van der Waals surface area (Å²) in [4.78, 5) is 29.8. The van der Waals surface area contributed by atoms with Crippen LogP contribution < -0.4 is 0 Å². The number of amides is 3. The van der Waals surface area contributed by atoms with Crippen molar-refractivity contribution in [2.45, 2.75) is 24.8 Å². The Hall–Kier alpha value is -3.24. The Kier molecular flexibility index (Phi) is 7.13. The summed E-state index contributed by atoms with van der Waals surface area (Å²) >= 11 is 0. The van der Waals surface area contributed by atoms with Crippen LogP contribution in [0.2, 0.25) is 0 Å². The van der Waals surface area contributed by atoms with E-state index in [-0.39, 0.29) is 38.2 Å². The maximum absolute atomic E-state index is 13.3. The van der Waals surface area contributed by atoms with Gasteiger partial charge in [0.25, 0.3) is 5.91 Å². The van der Waals surface area contributed by atoms with Gasteiger partial charge in [-0.3, -0.25) is 4.79 Å². The Bertz CT molecular complexity index is 1000. The molecule has 0 aromatic heterocycles. The molecule has 1 saturated heterocycles. The molecule has 0 spiro atoms. The van der Waals surface area contributed by atoms with Crippen LogP contribution in [0.15, 0.2) is 48.5 Å². The zero-order valence-corrected chi connectivity index (χ0v) is 18.5. The molecule has 1 fully saturated rings. The first-order valence-electron chi connectivity index (χ1n) is 10.4. The summed E-state index contributed by atoms with van der Waals surface area (Å²) in [6.07, 6.45) is -9.85. The summed E-state index contributed by atoms with van der Waals surface area (Å²) in [6.45, 7) is 0.148. The van der Waals surface area contributed by atoms with Gasteiger partial charge in [0.2, 0.25) is 0 Å². The second-order valence-electron chi connectivity index (χ2n) is 8.26. The molecule has 2 aromatic rings. The van der Waals surface area contributed by atoms with Crippen molar-refractivity contribution < 1.29 is 35.9 Å². The van der Waals surface area contributed by atoms with Crippen molar-refractivity contribution in [3.05, 3.63) is 70.8 Å². The largest absolute Gasteiger partial charge is 0.416 e. The number of urea groups is 1. The van der Waals surface area contributed by atoms with E-state index in [4.69, 9.17) is 0 Å². The van der Waals surface area contributed by atoms with E-state index >= 15 is 0 Å². The normalized spacial score (nSPS) is 17.0. The van der Waals surface area contributed by atoms with E-state index in [0.717, 1.165) is 5.56 Å². The second-order valence-corrected chi connectivity index (χ2v) is 8.26. The first kappa shape index (κ1) is 25.4. The predicted octanol–water partition coefficient (Wildman–Crippen LogP) is 4.77. The van der Waals surface area contributed by atoms with Crippen LogP contribution in [-0.4, -0.2) is 66.4 Å². The third kappa shape index (κ3) is 5.81. The number of rotatable bonds is 3. The van der Waals surface area contributed by atoms with Gasteiger partial charge in [0.1, 0.15) is 0 Å². The molecule has 0 unspecified atom stereocenters. The molecule has 1 atom stereocenters. The topological polar surface area (TPSA) is 43.9 Å². The molecule has 0 aliphatic carbocycles. The minimum atomic E-state index is -5.06. The molecular weight excluding hydrogens is 464 g/mol. The lowest BCUT2D eigenvalue weighted by molar-refractivity contribution is -0.143. The molecule has 3 rings (SSSR count). The Morgan fingerprint density at radius 2 is 1.47 bits per heavy atom. The van der Waals surface area contributed by atoms with E-state index in [0.29, 0.717) is 12.1 Å². The number of nitrogens with zero attached hydrogens (tertiary/aromatic N) is 3. The molecule has 5 nitrogen and oxygen atoms in total. The average molecular weight is 487 g/mol. The van der Waals surface area contributed by atoms with E-state index in [9.17, 15) is 35.9 Å². The molecule has 11 heteroatoms. The minimum absolute atomic E-state index is 0.00802. The Morgan fingerprint density at radius 1 is 0.912 bits per heavy atom. The molecule has 0 saturated carbocycles. The van der Waals surface area contributed by atoms with Crippen LogP contribution in [0.3, 0.4) is 0 Å². The molecule has 1 aliphatic rings. The lowest BCUT2D eigenvalue weighted by Crippen LogP contribution is -2.58. The highest BCUT2D eigenvalue weighted by molar-refractivity contribution is 5.95.